The SMILES string of the molecule is O=[N+]([O-])c1cc(Cc2ccccc2)cc(C=Nc2ccc3oc(-c4cccc(I)c4)nc3c2)c1O. The van der Waals surface area contributed by atoms with E-state index < -0.39 is 10.7 Å². The number of phenolic OH excluding ortho intramolecular Hbond substituents is 1. The first-order chi connectivity index (χ1) is 17.0. The van der Waals surface area contributed by atoms with Gasteiger partial charge in [-0.05, 0) is 82.6 Å². The van der Waals surface area contributed by atoms with Gasteiger partial charge >= 0.3 is 5.69 Å². The van der Waals surface area contributed by atoms with E-state index in [1.807, 2.05) is 54.6 Å². The second-order valence-electron chi connectivity index (χ2n) is 7.91. The summed E-state index contributed by atoms with van der Waals surface area (Å²) < 4.78 is 6.96. The molecule has 35 heavy (non-hydrogen) atoms. The second kappa shape index (κ2) is 9.67. The lowest BCUT2D eigenvalue weighted by atomic mass is 10.0. The first-order valence-corrected chi connectivity index (χ1v) is 11.8. The lowest BCUT2D eigenvalue weighted by Gasteiger charge is -2.06. The molecule has 0 bridgehead atoms. The van der Waals surface area contributed by atoms with Crippen molar-refractivity contribution in [2.45, 2.75) is 6.42 Å². The summed E-state index contributed by atoms with van der Waals surface area (Å²) in [5.41, 5.74) is 4.36. The summed E-state index contributed by atoms with van der Waals surface area (Å²) in [6.45, 7) is 0. The molecule has 5 aromatic rings. The molecule has 0 radical (unpaired) electrons. The van der Waals surface area contributed by atoms with Crippen LogP contribution >= 0.6 is 22.6 Å². The van der Waals surface area contributed by atoms with Gasteiger partial charge in [-0.3, -0.25) is 15.1 Å². The Bertz CT molecular complexity index is 1580. The van der Waals surface area contributed by atoms with Crippen LogP contribution in [0.2, 0.25) is 0 Å². The quantitative estimate of drug-likeness (QED) is 0.101. The van der Waals surface area contributed by atoms with E-state index in [2.05, 4.69) is 32.6 Å². The molecule has 0 aliphatic carbocycles. The van der Waals surface area contributed by atoms with Crippen molar-refractivity contribution in [2.24, 2.45) is 4.99 Å². The third kappa shape index (κ3) is 5.07. The smallest absolute Gasteiger partial charge is 0.311 e. The van der Waals surface area contributed by atoms with Gasteiger partial charge in [-0.1, -0.05) is 36.4 Å². The fourth-order valence-electron chi connectivity index (χ4n) is 3.76. The van der Waals surface area contributed by atoms with E-state index in [4.69, 9.17) is 4.42 Å². The van der Waals surface area contributed by atoms with Crippen LogP contribution in [0.5, 0.6) is 5.75 Å². The number of benzene rings is 4. The van der Waals surface area contributed by atoms with Crippen LogP contribution in [0.3, 0.4) is 0 Å². The predicted molar refractivity (Wildman–Crippen MR) is 143 cm³/mol. The van der Waals surface area contributed by atoms with E-state index in [9.17, 15) is 15.2 Å². The summed E-state index contributed by atoms with van der Waals surface area (Å²) in [5.74, 6) is 0.0978. The summed E-state index contributed by atoms with van der Waals surface area (Å²) in [5, 5.41) is 22.0. The van der Waals surface area contributed by atoms with Gasteiger partial charge in [-0.2, -0.15) is 0 Å². The summed E-state index contributed by atoms with van der Waals surface area (Å²) >= 11 is 2.24. The number of oxazole rings is 1. The Morgan fingerprint density at radius 2 is 1.83 bits per heavy atom. The highest BCUT2D eigenvalue weighted by Gasteiger charge is 2.18. The molecule has 172 valence electrons. The molecule has 0 saturated heterocycles. The molecule has 0 unspecified atom stereocenters. The topological polar surface area (TPSA) is 102 Å². The molecule has 1 N–H and O–H groups in total. The summed E-state index contributed by atoms with van der Waals surface area (Å²) in [4.78, 5) is 19.9. The maximum atomic E-state index is 11.5. The van der Waals surface area contributed by atoms with Gasteiger partial charge in [-0.15, -0.1) is 0 Å². The molecule has 0 amide bonds. The standard InChI is InChI=1S/C27H18IN3O4/c28-21-8-4-7-19(14-21)27-30-23-15-22(9-10-25(23)35-27)29-16-20-12-18(11-17-5-2-1-3-6-17)13-24(26(20)32)31(33)34/h1-10,12-16,32H,11H2. The van der Waals surface area contributed by atoms with Gasteiger partial charge in [0.15, 0.2) is 5.58 Å². The van der Waals surface area contributed by atoms with Crippen molar-refractivity contribution in [2.75, 3.05) is 0 Å². The van der Waals surface area contributed by atoms with E-state index in [1.54, 1.807) is 24.3 Å². The van der Waals surface area contributed by atoms with Gasteiger partial charge in [0, 0.05) is 27.0 Å². The van der Waals surface area contributed by atoms with Gasteiger partial charge in [-0.25, -0.2) is 4.98 Å². The van der Waals surface area contributed by atoms with Crippen LogP contribution in [0.25, 0.3) is 22.6 Å². The fraction of sp³-hybridized carbons (Fsp3) is 0.0370. The number of hydrogen-bond donors (Lipinski definition) is 1. The monoisotopic (exact) mass is 575 g/mol. The molecule has 0 aliphatic rings. The zero-order valence-corrected chi connectivity index (χ0v) is 20.4. The normalized spacial score (nSPS) is 11.3. The Morgan fingerprint density at radius 3 is 2.60 bits per heavy atom. The zero-order valence-electron chi connectivity index (χ0n) is 18.3. The average molecular weight is 575 g/mol. The Kier molecular flexibility index (Phi) is 6.28. The van der Waals surface area contributed by atoms with E-state index in [0.717, 1.165) is 14.7 Å². The minimum absolute atomic E-state index is 0.268. The molecule has 0 spiro atoms. The molecule has 0 aliphatic heterocycles. The van der Waals surface area contributed by atoms with Crippen molar-refractivity contribution >= 4 is 51.3 Å². The fourth-order valence-corrected chi connectivity index (χ4v) is 4.30. The number of nitrogens with zero attached hydrogens (tertiary/aromatic N) is 3. The van der Waals surface area contributed by atoms with E-state index in [-0.39, 0.29) is 11.3 Å². The average Bonchev–Trinajstić information content (AvgIpc) is 3.28. The summed E-state index contributed by atoms with van der Waals surface area (Å²) in [7, 11) is 0. The molecular weight excluding hydrogens is 557 g/mol. The molecule has 1 aromatic heterocycles. The molecule has 0 saturated carbocycles. The van der Waals surface area contributed by atoms with Gasteiger partial charge in [0.05, 0.1) is 10.6 Å². The predicted octanol–water partition coefficient (Wildman–Crippen LogP) is 7.05. The number of halogens is 1. The van der Waals surface area contributed by atoms with E-state index in [0.29, 0.717) is 34.7 Å². The first-order valence-electron chi connectivity index (χ1n) is 10.7. The third-order valence-corrected chi connectivity index (χ3v) is 6.09. The lowest BCUT2D eigenvalue weighted by molar-refractivity contribution is -0.385. The van der Waals surface area contributed by atoms with Crippen molar-refractivity contribution < 1.29 is 14.4 Å². The van der Waals surface area contributed by atoms with Crippen LogP contribution in [0.15, 0.2) is 94.3 Å². The zero-order chi connectivity index (χ0) is 24.4. The van der Waals surface area contributed by atoms with E-state index >= 15 is 0 Å². The third-order valence-electron chi connectivity index (χ3n) is 5.42. The van der Waals surface area contributed by atoms with Crippen molar-refractivity contribution in [3.63, 3.8) is 0 Å². The number of aliphatic imine (C=N–C) groups is 1. The van der Waals surface area contributed by atoms with Crippen LogP contribution in [-0.4, -0.2) is 21.2 Å². The number of nitro benzene ring substituents is 1. The van der Waals surface area contributed by atoms with Gasteiger partial charge < -0.3 is 9.52 Å². The number of nitro groups is 1. The molecule has 4 aromatic carbocycles. The Hall–Kier alpha value is -4.05. The molecule has 0 fully saturated rings. The number of phenols is 1. The minimum atomic E-state index is -0.588. The summed E-state index contributed by atoms with van der Waals surface area (Å²) in [6, 6.07) is 25.9. The van der Waals surface area contributed by atoms with Crippen LogP contribution < -0.4 is 0 Å². The lowest BCUT2D eigenvalue weighted by Crippen LogP contribution is -1.97. The second-order valence-corrected chi connectivity index (χ2v) is 9.16. The number of rotatable bonds is 6. The Morgan fingerprint density at radius 1 is 1.00 bits per heavy atom. The van der Waals surface area contributed by atoms with Gasteiger partial charge in [0.1, 0.15) is 5.52 Å². The molecule has 8 heteroatoms. The molecule has 1 heterocycles. The van der Waals surface area contributed by atoms with Gasteiger partial charge in [0.25, 0.3) is 0 Å². The highest BCUT2D eigenvalue weighted by atomic mass is 127. The Labute approximate surface area is 214 Å². The van der Waals surface area contributed by atoms with Crippen LogP contribution in [-0.2, 0) is 6.42 Å². The van der Waals surface area contributed by atoms with Crippen LogP contribution in [0.1, 0.15) is 16.7 Å². The number of aromatic nitrogens is 1. The van der Waals surface area contributed by atoms with E-state index in [1.165, 1.54) is 12.3 Å². The molecule has 0 atom stereocenters. The molecule has 5 rings (SSSR count). The number of fused-ring (bicyclic) bond motifs is 1. The highest BCUT2D eigenvalue weighted by molar-refractivity contribution is 14.1. The maximum Gasteiger partial charge on any atom is 0.311 e. The van der Waals surface area contributed by atoms with Gasteiger partial charge in [0.2, 0.25) is 11.6 Å². The van der Waals surface area contributed by atoms with Crippen LogP contribution in [0, 0.1) is 13.7 Å². The maximum absolute atomic E-state index is 11.5. The summed E-state index contributed by atoms with van der Waals surface area (Å²) in [6.07, 6.45) is 1.92. The largest absolute Gasteiger partial charge is 0.502 e. The first kappa shape index (κ1) is 22.7. The number of hydrogen-bond acceptors (Lipinski definition) is 6. The van der Waals surface area contributed by atoms with Crippen LogP contribution in [0.4, 0.5) is 11.4 Å². The molecule has 7 nitrogen and oxygen atoms in total. The minimum Gasteiger partial charge on any atom is -0.502 e. The van der Waals surface area contributed by atoms with Crippen molar-refractivity contribution in [1.29, 1.82) is 0 Å². The molecular formula is C27H18IN3O4. The van der Waals surface area contributed by atoms with Crippen molar-refractivity contribution in [1.82, 2.24) is 4.98 Å². The Balaban J connectivity index is 1.47. The highest BCUT2D eigenvalue weighted by Crippen LogP contribution is 2.32. The van der Waals surface area contributed by atoms with Crippen molar-refractivity contribution in [3.05, 3.63) is 115 Å². The van der Waals surface area contributed by atoms with Crippen molar-refractivity contribution in [3.8, 4) is 17.2 Å². The number of aromatic hydroxyl groups is 1.